The first kappa shape index (κ1) is 15.8. The second-order valence-electron chi connectivity index (χ2n) is 5.10. The van der Waals surface area contributed by atoms with E-state index in [9.17, 15) is 0 Å². The summed E-state index contributed by atoms with van der Waals surface area (Å²) in [6.45, 7) is 11.7. The molecule has 0 rings (SSSR count). The molecule has 0 aliphatic heterocycles. The van der Waals surface area contributed by atoms with E-state index < -0.39 is 0 Å². The highest BCUT2D eigenvalue weighted by Crippen LogP contribution is 2.16. The van der Waals surface area contributed by atoms with E-state index in [4.69, 9.17) is 0 Å². The van der Waals surface area contributed by atoms with E-state index in [1.54, 1.807) is 0 Å². The van der Waals surface area contributed by atoms with E-state index in [0.717, 1.165) is 19.6 Å². The topological polar surface area (TPSA) is 82.9 Å². The predicted octanol–water partition coefficient (Wildman–Crippen LogP) is -1.89. The van der Waals surface area contributed by atoms with Crippen LogP contribution in [0.15, 0.2) is 0 Å². The molecular formula is C12H34N4+4. The molecule has 0 saturated heterocycles. The van der Waals surface area contributed by atoms with Gasteiger partial charge in [0, 0.05) is 19.3 Å². The third-order valence-electron chi connectivity index (χ3n) is 3.66. The maximum absolute atomic E-state index is 3.97. The smallest absolute Gasteiger partial charge is 0.0842 e. The van der Waals surface area contributed by atoms with Crippen molar-refractivity contribution in [2.75, 3.05) is 39.3 Å². The molecule has 16 heavy (non-hydrogen) atoms. The minimum atomic E-state index is 0.713. The minimum Gasteiger partial charge on any atom is -0.357 e. The van der Waals surface area contributed by atoms with Crippen LogP contribution in [-0.2, 0) is 0 Å². The number of hydrogen-bond acceptors (Lipinski definition) is 0. The van der Waals surface area contributed by atoms with Gasteiger partial charge in [0.25, 0.3) is 0 Å². The van der Waals surface area contributed by atoms with Gasteiger partial charge in [0.15, 0.2) is 0 Å². The first-order valence-electron chi connectivity index (χ1n) is 6.86. The molecule has 0 aliphatic rings. The molecule has 0 saturated carbocycles. The Bertz CT molecular complexity index is 137. The Morgan fingerprint density at radius 3 is 1.25 bits per heavy atom. The van der Waals surface area contributed by atoms with Crippen molar-refractivity contribution in [1.29, 1.82) is 0 Å². The molecule has 0 unspecified atom stereocenters. The summed E-state index contributed by atoms with van der Waals surface area (Å²) >= 11 is 0. The average Bonchev–Trinajstić information content (AvgIpc) is 2.28. The first-order chi connectivity index (χ1) is 7.63. The van der Waals surface area contributed by atoms with Crippen molar-refractivity contribution in [3.05, 3.63) is 0 Å². The van der Waals surface area contributed by atoms with E-state index in [0.29, 0.717) is 6.04 Å². The number of nitrogens with zero attached hydrogens (tertiary/aromatic N) is 1. The van der Waals surface area contributed by atoms with Gasteiger partial charge in [-0.2, -0.15) is 0 Å². The monoisotopic (exact) mass is 234 g/mol. The van der Waals surface area contributed by atoms with Crippen molar-refractivity contribution in [1.82, 2.24) is 0 Å². The van der Waals surface area contributed by atoms with Crippen molar-refractivity contribution in [3.63, 3.8) is 0 Å². The van der Waals surface area contributed by atoms with Crippen LogP contribution >= 0.6 is 0 Å². The van der Waals surface area contributed by atoms with E-state index in [1.807, 2.05) is 0 Å². The SMILES string of the molecule is CC(C)[N+](CCC[NH3+])(CCC[NH3+])CCC[NH3+]. The summed E-state index contributed by atoms with van der Waals surface area (Å²) in [5.41, 5.74) is 11.9. The molecule has 0 bridgehead atoms. The molecule has 0 atom stereocenters. The molecule has 0 fully saturated rings. The van der Waals surface area contributed by atoms with E-state index in [2.05, 4.69) is 31.0 Å². The van der Waals surface area contributed by atoms with Crippen LogP contribution in [0.4, 0.5) is 0 Å². The molecule has 4 nitrogen and oxygen atoms in total. The van der Waals surface area contributed by atoms with Crippen LogP contribution in [0.25, 0.3) is 0 Å². The Kier molecular flexibility index (Phi) is 8.84. The number of quaternary nitrogens is 4. The second kappa shape index (κ2) is 8.93. The molecule has 0 amide bonds. The van der Waals surface area contributed by atoms with E-state index >= 15 is 0 Å². The maximum Gasteiger partial charge on any atom is 0.0842 e. The quantitative estimate of drug-likeness (QED) is 0.369. The van der Waals surface area contributed by atoms with Crippen LogP contribution in [0.1, 0.15) is 33.1 Å². The molecule has 0 aliphatic carbocycles. The largest absolute Gasteiger partial charge is 0.357 e. The lowest BCUT2D eigenvalue weighted by molar-refractivity contribution is -0.949. The lowest BCUT2D eigenvalue weighted by atomic mass is 10.1. The summed E-state index contributed by atoms with van der Waals surface area (Å²) in [6, 6.07) is 0.713. The Hall–Kier alpha value is -0.160. The molecule has 0 aromatic carbocycles. The Labute approximate surface area is 101 Å². The molecule has 0 aromatic heterocycles. The first-order valence-corrected chi connectivity index (χ1v) is 6.86. The van der Waals surface area contributed by atoms with Gasteiger partial charge in [-0.1, -0.05) is 0 Å². The fourth-order valence-corrected chi connectivity index (χ4v) is 2.39. The summed E-state index contributed by atoms with van der Waals surface area (Å²) in [7, 11) is 0. The average molecular weight is 234 g/mol. The fraction of sp³-hybridized carbons (Fsp3) is 1.00. The van der Waals surface area contributed by atoms with Gasteiger partial charge in [0.1, 0.15) is 0 Å². The Morgan fingerprint density at radius 1 is 0.750 bits per heavy atom. The van der Waals surface area contributed by atoms with E-state index in [1.165, 1.54) is 43.4 Å². The van der Waals surface area contributed by atoms with Crippen molar-refractivity contribution in [2.45, 2.75) is 39.2 Å². The van der Waals surface area contributed by atoms with Crippen molar-refractivity contribution >= 4 is 0 Å². The van der Waals surface area contributed by atoms with Crippen LogP contribution < -0.4 is 17.2 Å². The molecule has 98 valence electrons. The van der Waals surface area contributed by atoms with Gasteiger partial charge in [-0.15, -0.1) is 0 Å². The van der Waals surface area contributed by atoms with E-state index in [-0.39, 0.29) is 0 Å². The van der Waals surface area contributed by atoms with Crippen molar-refractivity contribution < 1.29 is 21.7 Å². The zero-order valence-corrected chi connectivity index (χ0v) is 11.5. The lowest BCUT2D eigenvalue weighted by Crippen LogP contribution is -2.61. The molecular weight excluding hydrogens is 200 g/mol. The normalized spacial score (nSPS) is 12.4. The van der Waals surface area contributed by atoms with Gasteiger partial charge in [-0.25, -0.2) is 0 Å². The Morgan fingerprint density at radius 2 is 1.06 bits per heavy atom. The van der Waals surface area contributed by atoms with Gasteiger partial charge >= 0.3 is 0 Å². The highest BCUT2D eigenvalue weighted by Gasteiger charge is 2.30. The van der Waals surface area contributed by atoms with Gasteiger partial charge in [0.05, 0.1) is 45.3 Å². The van der Waals surface area contributed by atoms with Crippen LogP contribution in [0.5, 0.6) is 0 Å². The standard InChI is InChI=1S/C12H31N4/c1-12(2)16(9-3-6-13,10-4-7-14)11-5-8-15/h12H,3-11,13-15H2,1-2H3/q+1/p+3. The van der Waals surface area contributed by atoms with Crippen LogP contribution in [0.2, 0.25) is 0 Å². The zero-order valence-electron chi connectivity index (χ0n) is 11.5. The van der Waals surface area contributed by atoms with Crippen molar-refractivity contribution in [3.8, 4) is 0 Å². The number of hydrogen-bond donors (Lipinski definition) is 3. The second-order valence-corrected chi connectivity index (χ2v) is 5.10. The molecule has 9 N–H and O–H groups in total. The van der Waals surface area contributed by atoms with Crippen LogP contribution in [0, 0.1) is 0 Å². The molecule has 0 spiro atoms. The lowest BCUT2D eigenvalue weighted by Gasteiger charge is -2.42. The van der Waals surface area contributed by atoms with Gasteiger partial charge in [-0.05, 0) is 13.8 Å². The highest BCUT2D eigenvalue weighted by atomic mass is 15.4. The molecule has 0 heterocycles. The summed E-state index contributed by atoms with van der Waals surface area (Å²) in [4.78, 5) is 0. The predicted molar refractivity (Wildman–Crippen MR) is 67.1 cm³/mol. The molecule has 0 radical (unpaired) electrons. The third-order valence-corrected chi connectivity index (χ3v) is 3.66. The molecule has 4 heteroatoms. The van der Waals surface area contributed by atoms with Gasteiger partial charge in [0.2, 0.25) is 0 Å². The van der Waals surface area contributed by atoms with Gasteiger partial charge < -0.3 is 21.7 Å². The zero-order chi connectivity index (χ0) is 12.4. The summed E-state index contributed by atoms with van der Waals surface area (Å²) in [5, 5.41) is 0. The maximum atomic E-state index is 3.97. The third kappa shape index (κ3) is 5.25. The molecule has 0 aromatic rings. The van der Waals surface area contributed by atoms with Gasteiger partial charge in [-0.3, -0.25) is 0 Å². The fourth-order valence-electron chi connectivity index (χ4n) is 2.39. The summed E-state index contributed by atoms with van der Waals surface area (Å²) in [6.07, 6.45) is 3.73. The summed E-state index contributed by atoms with van der Waals surface area (Å²) < 4.78 is 1.25. The van der Waals surface area contributed by atoms with Crippen LogP contribution in [0.3, 0.4) is 0 Å². The number of rotatable bonds is 10. The van der Waals surface area contributed by atoms with Crippen molar-refractivity contribution in [2.24, 2.45) is 0 Å². The Balaban J connectivity index is 4.46. The van der Waals surface area contributed by atoms with Crippen LogP contribution in [-0.4, -0.2) is 49.8 Å². The highest BCUT2D eigenvalue weighted by molar-refractivity contribution is 4.52. The minimum absolute atomic E-state index is 0.713. The summed E-state index contributed by atoms with van der Waals surface area (Å²) in [5.74, 6) is 0.